The minimum Gasteiger partial charge on any atom is -0.349 e. The van der Waals surface area contributed by atoms with E-state index in [-0.39, 0.29) is 11.2 Å². The lowest BCUT2D eigenvalue weighted by Gasteiger charge is -2.11. The Bertz CT molecular complexity index is 707. The van der Waals surface area contributed by atoms with Crippen LogP contribution in [0.25, 0.3) is 0 Å². The molecule has 1 atom stereocenters. The van der Waals surface area contributed by atoms with Gasteiger partial charge in [-0.15, -0.1) is 0 Å². The number of hydrogen-bond donors (Lipinski definition) is 2. The van der Waals surface area contributed by atoms with Crippen LogP contribution in [0.5, 0.6) is 0 Å². The Morgan fingerprint density at radius 3 is 2.83 bits per heavy atom. The highest BCUT2D eigenvalue weighted by Crippen LogP contribution is 2.23. The number of hydrogen-bond acceptors (Lipinski definition) is 5. The predicted octanol–water partition coefficient (Wildman–Crippen LogP) is 2.10. The van der Waals surface area contributed by atoms with E-state index in [1.165, 1.54) is 29.4 Å². The van der Waals surface area contributed by atoms with E-state index in [0.717, 1.165) is 29.9 Å². The van der Waals surface area contributed by atoms with Crippen LogP contribution in [0.3, 0.4) is 0 Å². The molecule has 2 aromatic heterocycles. The average Bonchev–Trinajstić information content (AvgIpc) is 3.07. The number of H-pyrrole nitrogens is 1. The number of carbonyl (C=O) groups is 1. The van der Waals surface area contributed by atoms with Crippen LogP contribution >= 0.6 is 11.8 Å². The van der Waals surface area contributed by atoms with E-state index in [1.54, 1.807) is 0 Å². The van der Waals surface area contributed by atoms with Gasteiger partial charge in [0.15, 0.2) is 5.16 Å². The van der Waals surface area contributed by atoms with Crippen molar-refractivity contribution < 1.29 is 4.79 Å². The number of nitrogens with one attached hydrogen (secondary N) is 2. The average molecular weight is 331 g/mol. The molecule has 0 saturated carbocycles. The normalized spacial score (nSPS) is 14.6. The zero-order chi connectivity index (χ0) is 16.4. The third kappa shape index (κ3) is 3.72. The van der Waals surface area contributed by atoms with Gasteiger partial charge in [-0.25, -0.2) is 9.97 Å². The lowest BCUT2D eigenvalue weighted by molar-refractivity contribution is -0.120. The molecule has 23 heavy (non-hydrogen) atoms. The highest BCUT2D eigenvalue weighted by atomic mass is 32.2. The molecule has 0 unspecified atom stereocenters. The van der Waals surface area contributed by atoms with E-state index in [9.17, 15) is 4.79 Å². The lowest BCUT2D eigenvalue weighted by Crippen LogP contribution is -2.31. The molecular formula is C16H21N5OS. The van der Waals surface area contributed by atoms with E-state index in [1.807, 2.05) is 26.8 Å². The molecule has 122 valence electrons. The summed E-state index contributed by atoms with van der Waals surface area (Å²) < 4.78 is 0. The van der Waals surface area contributed by atoms with Crippen LogP contribution in [0, 0.1) is 13.8 Å². The molecule has 2 aromatic rings. The smallest absolute Gasteiger partial charge is 0.233 e. The Morgan fingerprint density at radius 1 is 1.35 bits per heavy atom. The van der Waals surface area contributed by atoms with Crippen LogP contribution < -0.4 is 5.32 Å². The molecule has 6 nitrogen and oxygen atoms in total. The molecule has 0 bridgehead atoms. The van der Waals surface area contributed by atoms with E-state index < -0.39 is 0 Å². The van der Waals surface area contributed by atoms with Crippen LogP contribution in [0.1, 0.15) is 41.7 Å². The molecule has 0 aliphatic heterocycles. The number of carbonyl (C=O) groups excluding carboxylic acids is 1. The molecule has 0 radical (unpaired) electrons. The monoisotopic (exact) mass is 331 g/mol. The van der Waals surface area contributed by atoms with Crippen molar-refractivity contribution >= 4 is 17.7 Å². The van der Waals surface area contributed by atoms with Gasteiger partial charge in [-0.05, 0) is 51.7 Å². The maximum atomic E-state index is 12.3. The van der Waals surface area contributed by atoms with Crippen molar-refractivity contribution in [3.8, 4) is 0 Å². The summed E-state index contributed by atoms with van der Waals surface area (Å²) in [6, 6.07) is 1.92. The third-order valence-electron chi connectivity index (χ3n) is 3.94. The van der Waals surface area contributed by atoms with E-state index in [0.29, 0.717) is 11.7 Å². The Balaban J connectivity index is 1.57. The topological polar surface area (TPSA) is 83.6 Å². The van der Waals surface area contributed by atoms with Crippen LogP contribution in [0.4, 0.5) is 0 Å². The highest BCUT2D eigenvalue weighted by Gasteiger charge is 2.20. The molecule has 2 heterocycles. The number of thioether (sulfide) groups is 1. The first kappa shape index (κ1) is 16.0. The van der Waals surface area contributed by atoms with Crippen molar-refractivity contribution in [2.75, 3.05) is 0 Å². The summed E-state index contributed by atoms with van der Waals surface area (Å²) in [4.78, 5) is 21.0. The zero-order valence-corrected chi connectivity index (χ0v) is 14.5. The lowest BCUT2D eigenvalue weighted by atomic mass is 10.2. The summed E-state index contributed by atoms with van der Waals surface area (Å²) in [6.07, 6.45) is 3.28. The standard InChI is InChI=1S/C16H21N5OS/c1-9-7-10(2)19-16(18-9)23-11(3)15(22)17-8-14-12-5-4-6-13(12)20-21-14/h7,11H,4-6,8H2,1-3H3,(H,17,22)(H,20,21)/t11-/m0/s1. The fourth-order valence-corrected chi connectivity index (χ4v) is 3.71. The first-order valence-corrected chi connectivity index (χ1v) is 8.72. The molecule has 3 rings (SSSR count). The molecule has 1 aliphatic carbocycles. The molecule has 7 heteroatoms. The third-order valence-corrected chi connectivity index (χ3v) is 4.90. The Morgan fingerprint density at radius 2 is 2.09 bits per heavy atom. The van der Waals surface area contributed by atoms with Crippen LogP contribution in [0.15, 0.2) is 11.2 Å². The van der Waals surface area contributed by atoms with Crippen molar-refractivity contribution in [2.45, 2.75) is 57.0 Å². The number of nitrogens with zero attached hydrogens (tertiary/aromatic N) is 3. The maximum Gasteiger partial charge on any atom is 0.233 e. The van der Waals surface area contributed by atoms with Gasteiger partial charge in [0.05, 0.1) is 17.5 Å². The largest absolute Gasteiger partial charge is 0.349 e. The molecule has 1 amide bonds. The van der Waals surface area contributed by atoms with Gasteiger partial charge >= 0.3 is 0 Å². The van der Waals surface area contributed by atoms with E-state index in [4.69, 9.17) is 0 Å². The van der Waals surface area contributed by atoms with Crippen molar-refractivity contribution in [1.29, 1.82) is 0 Å². The summed E-state index contributed by atoms with van der Waals surface area (Å²) in [5.41, 5.74) is 5.30. The van der Waals surface area contributed by atoms with Gasteiger partial charge in [0.1, 0.15) is 0 Å². The number of aryl methyl sites for hydroxylation is 3. The molecule has 1 aliphatic rings. The summed E-state index contributed by atoms with van der Waals surface area (Å²) in [6.45, 7) is 6.21. The number of fused-ring (bicyclic) bond motifs is 1. The molecule has 0 spiro atoms. The first-order chi connectivity index (χ1) is 11.0. The number of rotatable bonds is 5. The second kappa shape index (κ2) is 6.70. The van der Waals surface area contributed by atoms with Crippen LogP contribution in [0.2, 0.25) is 0 Å². The Labute approximate surface area is 139 Å². The summed E-state index contributed by atoms with van der Waals surface area (Å²) in [5.74, 6) is -0.0208. The van der Waals surface area contributed by atoms with Crippen LogP contribution in [-0.4, -0.2) is 31.3 Å². The predicted molar refractivity (Wildman–Crippen MR) is 89.3 cm³/mol. The fraction of sp³-hybridized carbons (Fsp3) is 0.500. The number of aromatic nitrogens is 4. The summed E-state index contributed by atoms with van der Waals surface area (Å²) in [7, 11) is 0. The highest BCUT2D eigenvalue weighted by molar-refractivity contribution is 8.00. The minimum atomic E-state index is -0.247. The van der Waals surface area contributed by atoms with Gasteiger partial charge in [-0.3, -0.25) is 9.89 Å². The quantitative estimate of drug-likeness (QED) is 0.647. The SMILES string of the molecule is Cc1cc(C)nc(S[C@@H](C)C(=O)NCc2n[nH]c3c2CCC3)n1. The van der Waals surface area contributed by atoms with Gasteiger partial charge in [0.2, 0.25) is 5.91 Å². The Hall–Kier alpha value is -1.89. The maximum absolute atomic E-state index is 12.3. The van der Waals surface area contributed by atoms with Crippen molar-refractivity contribution in [3.63, 3.8) is 0 Å². The fourth-order valence-electron chi connectivity index (χ4n) is 2.81. The van der Waals surface area contributed by atoms with Gasteiger partial charge in [0.25, 0.3) is 0 Å². The number of aromatic amines is 1. The van der Waals surface area contributed by atoms with Gasteiger partial charge in [-0.2, -0.15) is 5.10 Å². The molecule has 0 saturated heterocycles. The molecule has 0 aromatic carbocycles. The van der Waals surface area contributed by atoms with Gasteiger partial charge in [0, 0.05) is 17.1 Å². The summed E-state index contributed by atoms with van der Waals surface area (Å²) >= 11 is 1.38. The molecule has 0 fully saturated rings. The minimum absolute atomic E-state index is 0.0208. The second-order valence-corrected chi connectivity index (χ2v) is 7.20. The number of amides is 1. The first-order valence-electron chi connectivity index (χ1n) is 7.84. The molecule has 2 N–H and O–H groups in total. The van der Waals surface area contributed by atoms with E-state index in [2.05, 4.69) is 25.5 Å². The molecular weight excluding hydrogens is 310 g/mol. The van der Waals surface area contributed by atoms with E-state index >= 15 is 0 Å². The van der Waals surface area contributed by atoms with Crippen molar-refractivity contribution in [1.82, 2.24) is 25.5 Å². The second-order valence-electron chi connectivity index (χ2n) is 5.89. The van der Waals surface area contributed by atoms with Crippen molar-refractivity contribution in [3.05, 3.63) is 34.4 Å². The zero-order valence-electron chi connectivity index (χ0n) is 13.6. The summed E-state index contributed by atoms with van der Waals surface area (Å²) in [5, 5.41) is 10.7. The van der Waals surface area contributed by atoms with Crippen molar-refractivity contribution in [2.24, 2.45) is 0 Å². The van der Waals surface area contributed by atoms with Gasteiger partial charge in [-0.1, -0.05) is 11.8 Å². The Kier molecular flexibility index (Phi) is 4.66. The van der Waals surface area contributed by atoms with Crippen LogP contribution in [-0.2, 0) is 24.2 Å². The van der Waals surface area contributed by atoms with Gasteiger partial charge < -0.3 is 5.32 Å².